The molecule has 0 radical (unpaired) electrons. The molecule has 0 unspecified atom stereocenters. The zero-order valence-electron chi connectivity index (χ0n) is 10.3. The Hall–Kier alpha value is -1.68. The number of hydrogen-bond donors (Lipinski definition) is 0. The number of carbonyl (C=O) groups is 1. The molecule has 94 valence electrons. The summed E-state index contributed by atoms with van der Waals surface area (Å²) in [7, 11) is 1.69. The first-order valence-corrected chi connectivity index (χ1v) is 6.50. The van der Waals surface area contributed by atoms with E-state index in [9.17, 15) is 9.18 Å². The van der Waals surface area contributed by atoms with Crippen molar-refractivity contribution in [3.63, 3.8) is 0 Å². The molecule has 2 aromatic rings. The van der Waals surface area contributed by atoms with E-state index in [4.69, 9.17) is 0 Å². The van der Waals surface area contributed by atoms with Gasteiger partial charge < -0.3 is 4.90 Å². The predicted octanol–water partition coefficient (Wildman–Crippen LogP) is 3.47. The number of amides is 1. The van der Waals surface area contributed by atoms with E-state index >= 15 is 0 Å². The van der Waals surface area contributed by atoms with Crippen molar-refractivity contribution < 1.29 is 9.18 Å². The molecule has 0 aliphatic rings. The van der Waals surface area contributed by atoms with Gasteiger partial charge in [0.2, 0.25) is 0 Å². The molecule has 0 N–H and O–H groups in total. The van der Waals surface area contributed by atoms with Gasteiger partial charge in [-0.15, -0.1) is 11.3 Å². The van der Waals surface area contributed by atoms with Crippen LogP contribution in [0.15, 0.2) is 35.7 Å². The molecule has 1 amide bonds. The Bertz CT molecular complexity index is 564. The smallest absolute Gasteiger partial charge is 0.256 e. The average molecular weight is 263 g/mol. The number of aryl methyl sites for hydroxylation is 1. The highest BCUT2D eigenvalue weighted by molar-refractivity contribution is 7.10. The summed E-state index contributed by atoms with van der Waals surface area (Å²) in [6, 6.07) is 8.07. The van der Waals surface area contributed by atoms with E-state index in [1.54, 1.807) is 30.5 Å². The topological polar surface area (TPSA) is 20.3 Å². The Morgan fingerprint density at radius 3 is 2.67 bits per heavy atom. The van der Waals surface area contributed by atoms with Crippen molar-refractivity contribution in [2.45, 2.75) is 13.5 Å². The van der Waals surface area contributed by atoms with Crippen LogP contribution in [0.3, 0.4) is 0 Å². The number of nitrogens with zero attached hydrogens (tertiary/aromatic N) is 1. The lowest BCUT2D eigenvalue weighted by Crippen LogP contribution is -2.26. The van der Waals surface area contributed by atoms with Gasteiger partial charge in [0.1, 0.15) is 5.82 Å². The average Bonchev–Trinajstić information content (AvgIpc) is 2.75. The van der Waals surface area contributed by atoms with Crippen LogP contribution in [-0.4, -0.2) is 17.9 Å². The number of benzene rings is 1. The Labute approximate surface area is 110 Å². The first kappa shape index (κ1) is 12.8. The normalized spacial score (nSPS) is 10.4. The summed E-state index contributed by atoms with van der Waals surface area (Å²) in [6.45, 7) is 2.52. The third kappa shape index (κ3) is 2.59. The minimum absolute atomic E-state index is 0.120. The number of thiophene rings is 1. The van der Waals surface area contributed by atoms with Gasteiger partial charge in [0.25, 0.3) is 5.91 Å². The van der Waals surface area contributed by atoms with Crippen molar-refractivity contribution in [2.24, 2.45) is 0 Å². The zero-order chi connectivity index (χ0) is 13.1. The fraction of sp³-hybridized carbons (Fsp3) is 0.214. The molecule has 0 aliphatic heterocycles. The van der Waals surface area contributed by atoms with Crippen molar-refractivity contribution in [1.82, 2.24) is 4.90 Å². The third-order valence-electron chi connectivity index (χ3n) is 2.80. The summed E-state index contributed by atoms with van der Waals surface area (Å²) in [5.41, 5.74) is 1.28. The molecule has 2 rings (SSSR count). The molecule has 18 heavy (non-hydrogen) atoms. The summed E-state index contributed by atoms with van der Waals surface area (Å²) in [5.74, 6) is -0.766. The van der Waals surface area contributed by atoms with E-state index in [-0.39, 0.29) is 11.5 Å². The second-order valence-electron chi connectivity index (χ2n) is 4.17. The van der Waals surface area contributed by atoms with Gasteiger partial charge >= 0.3 is 0 Å². The Kier molecular flexibility index (Phi) is 3.77. The van der Waals surface area contributed by atoms with Crippen molar-refractivity contribution >= 4 is 17.2 Å². The third-order valence-corrected chi connectivity index (χ3v) is 3.81. The molecule has 1 aromatic carbocycles. The quantitative estimate of drug-likeness (QED) is 0.830. The summed E-state index contributed by atoms with van der Waals surface area (Å²) in [6.07, 6.45) is 0. The van der Waals surface area contributed by atoms with E-state index in [2.05, 4.69) is 0 Å². The molecule has 1 aromatic heterocycles. The Morgan fingerprint density at radius 2 is 2.06 bits per heavy atom. The highest BCUT2D eigenvalue weighted by Gasteiger charge is 2.16. The molecule has 0 spiro atoms. The van der Waals surface area contributed by atoms with Gasteiger partial charge in [0, 0.05) is 11.9 Å². The van der Waals surface area contributed by atoms with E-state index in [1.807, 2.05) is 18.4 Å². The Balaban J connectivity index is 2.15. The molecular weight excluding hydrogens is 249 g/mol. The molecule has 0 bridgehead atoms. The van der Waals surface area contributed by atoms with Crippen LogP contribution in [0.1, 0.15) is 20.8 Å². The number of rotatable bonds is 3. The van der Waals surface area contributed by atoms with Gasteiger partial charge in [-0.1, -0.05) is 12.1 Å². The van der Waals surface area contributed by atoms with Crippen LogP contribution in [-0.2, 0) is 6.54 Å². The molecule has 0 atom stereocenters. The maximum atomic E-state index is 13.5. The first-order valence-electron chi connectivity index (χ1n) is 5.62. The van der Waals surface area contributed by atoms with Crippen LogP contribution in [0.25, 0.3) is 0 Å². The zero-order valence-corrected chi connectivity index (χ0v) is 11.1. The van der Waals surface area contributed by atoms with Crippen molar-refractivity contribution in [2.75, 3.05) is 7.05 Å². The lowest BCUT2D eigenvalue weighted by Gasteiger charge is -2.17. The second kappa shape index (κ2) is 5.31. The van der Waals surface area contributed by atoms with E-state index < -0.39 is 5.82 Å². The Morgan fingerprint density at radius 1 is 1.33 bits per heavy atom. The minimum Gasteiger partial charge on any atom is -0.336 e. The molecule has 4 heteroatoms. The van der Waals surface area contributed by atoms with E-state index in [1.165, 1.54) is 17.0 Å². The van der Waals surface area contributed by atoms with Gasteiger partial charge in [-0.25, -0.2) is 4.39 Å². The van der Waals surface area contributed by atoms with Crippen LogP contribution < -0.4 is 0 Å². The molecule has 2 nitrogen and oxygen atoms in total. The van der Waals surface area contributed by atoms with Crippen LogP contribution in [0.2, 0.25) is 0 Å². The van der Waals surface area contributed by atoms with Crippen LogP contribution in [0, 0.1) is 12.7 Å². The second-order valence-corrected chi connectivity index (χ2v) is 5.17. The van der Waals surface area contributed by atoms with Gasteiger partial charge in [0.15, 0.2) is 0 Å². The maximum Gasteiger partial charge on any atom is 0.256 e. The monoisotopic (exact) mass is 263 g/mol. The number of carbonyl (C=O) groups excluding carboxylic acids is 1. The molecule has 0 fully saturated rings. The van der Waals surface area contributed by atoms with E-state index in [0.29, 0.717) is 6.54 Å². The summed E-state index contributed by atoms with van der Waals surface area (Å²) < 4.78 is 13.5. The van der Waals surface area contributed by atoms with Gasteiger partial charge in [-0.3, -0.25) is 4.79 Å². The van der Waals surface area contributed by atoms with Crippen molar-refractivity contribution in [3.05, 3.63) is 57.5 Å². The van der Waals surface area contributed by atoms with Gasteiger partial charge in [-0.2, -0.15) is 0 Å². The van der Waals surface area contributed by atoms with Crippen molar-refractivity contribution in [1.29, 1.82) is 0 Å². The molecule has 1 heterocycles. The minimum atomic E-state index is -0.475. The standard InChI is InChI=1S/C14H14FNOS/c1-10-7-8-18-13(10)9-16(2)14(17)11-5-3-4-6-12(11)15/h3-8H,9H2,1-2H3. The summed E-state index contributed by atoms with van der Waals surface area (Å²) in [5, 5.41) is 1.99. The lowest BCUT2D eigenvalue weighted by molar-refractivity contribution is 0.0781. The fourth-order valence-electron chi connectivity index (χ4n) is 1.69. The predicted molar refractivity (Wildman–Crippen MR) is 71.3 cm³/mol. The molecule has 0 saturated heterocycles. The molecule has 0 saturated carbocycles. The van der Waals surface area contributed by atoms with E-state index in [0.717, 1.165) is 10.4 Å². The highest BCUT2D eigenvalue weighted by Crippen LogP contribution is 2.18. The number of halogens is 1. The molecular formula is C14H14FNOS. The molecule has 0 aliphatic carbocycles. The van der Waals surface area contributed by atoms with Gasteiger partial charge in [-0.05, 0) is 36.1 Å². The SMILES string of the molecule is Cc1ccsc1CN(C)C(=O)c1ccccc1F. The fourth-order valence-corrected chi connectivity index (χ4v) is 2.65. The highest BCUT2D eigenvalue weighted by atomic mass is 32.1. The largest absolute Gasteiger partial charge is 0.336 e. The maximum absolute atomic E-state index is 13.5. The van der Waals surface area contributed by atoms with Crippen molar-refractivity contribution in [3.8, 4) is 0 Å². The lowest BCUT2D eigenvalue weighted by atomic mass is 10.2. The van der Waals surface area contributed by atoms with Crippen LogP contribution in [0.4, 0.5) is 4.39 Å². The van der Waals surface area contributed by atoms with Gasteiger partial charge in [0.05, 0.1) is 12.1 Å². The van der Waals surface area contributed by atoms with Crippen LogP contribution in [0.5, 0.6) is 0 Å². The summed E-state index contributed by atoms with van der Waals surface area (Å²) in [4.78, 5) is 14.8. The summed E-state index contributed by atoms with van der Waals surface area (Å²) >= 11 is 1.61. The van der Waals surface area contributed by atoms with Crippen LogP contribution >= 0.6 is 11.3 Å². The first-order chi connectivity index (χ1) is 8.59. The number of hydrogen-bond acceptors (Lipinski definition) is 2.